The number of nitrogens with zero attached hydrogens (tertiary/aromatic N) is 2. The van der Waals surface area contributed by atoms with Gasteiger partial charge in [0.05, 0.1) is 17.2 Å². The van der Waals surface area contributed by atoms with Crippen LogP contribution in [0.2, 0.25) is 5.02 Å². The predicted octanol–water partition coefficient (Wildman–Crippen LogP) is 3.40. The summed E-state index contributed by atoms with van der Waals surface area (Å²) in [6.07, 6.45) is 4.90. The normalized spacial score (nSPS) is 31.5. The molecular formula is C21H24ClN3O2. The maximum absolute atomic E-state index is 11.7. The van der Waals surface area contributed by atoms with Crippen molar-refractivity contribution in [2.75, 3.05) is 24.5 Å². The number of aromatic nitrogens is 1. The number of amides is 1. The zero-order valence-electron chi connectivity index (χ0n) is 15.5. The van der Waals surface area contributed by atoms with E-state index in [0.717, 1.165) is 43.4 Å². The Hall–Kier alpha value is -1.85. The summed E-state index contributed by atoms with van der Waals surface area (Å²) in [5.41, 5.74) is 2.06. The quantitative estimate of drug-likeness (QED) is 0.876. The first-order valence-electron chi connectivity index (χ1n) is 9.83. The number of benzene rings is 1. The maximum Gasteiger partial charge on any atom is 0.219 e. The molecule has 0 aliphatic carbocycles. The molecule has 1 aromatic carbocycles. The van der Waals surface area contributed by atoms with Crippen LogP contribution in [0.4, 0.5) is 5.69 Å². The Morgan fingerprint density at radius 1 is 1.44 bits per heavy atom. The number of pyridine rings is 1. The number of halogens is 1. The highest BCUT2D eigenvalue weighted by Crippen LogP contribution is 2.55. The molecule has 5 rings (SSSR count). The molecule has 1 N–H and O–H groups in total. The minimum absolute atomic E-state index is 0.0612. The fraction of sp³-hybridized carbons (Fsp3) is 0.524. The number of ether oxygens (including phenoxy) is 1. The second-order valence-corrected chi connectivity index (χ2v) is 8.50. The summed E-state index contributed by atoms with van der Waals surface area (Å²) in [5, 5.41) is 4.93. The van der Waals surface area contributed by atoms with Gasteiger partial charge in [0, 0.05) is 60.2 Å². The molecule has 1 amide bonds. The molecule has 1 aromatic heterocycles. The van der Waals surface area contributed by atoms with Gasteiger partial charge < -0.3 is 15.0 Å². The summed E-state index contributed by atoms with van der Waals surface area (Å²) in [7, 11) is 0. The molecule has 3 aliphatic rings. The molecule has 0 radical (unpaired) electrons. The fourth-order valence-corrected chi connectivity index (χ4v) is 5.55. The number of carbonyl (C=O) groups excluding carboxylic acids is 1. The van der Waals surface area contributed by atoms with Crippen molar-refractivity contribution >= 4 is 34.1 Å². The van der Waals surface area contributed by atoms with Crippen LogP contribution in [-0.2, 0) is 9.53 Å². The first-order valence-corrected chi connectivity index (χ1v) is 10.2. The zero-order chi connectivity index (χ0) is 18.6. The van der Waals surface area contributed by atoms with Crippen LogP contribution in [-0.4, -0.2) is 42.2 Å². The van der Waals surface area contributed by atoms with Crippen molar-refractivity contribution < 1.29 is 9.53 Å². The molecule has 3 aliphatic heterocycles. The van der Waals surface area contributed by atoms with Crippen LogP contribution in [0.1, 0.15) is 26.2 Å². The van der Waals surface area contributed by atoms with Crippen LogP contribution in [0.15, 0.2) is 30.5 Å². The monoisotopic (exact) mass is 385 g/mol. The molecule has 1 spiro atoms. The number of nitrogens with one attached hydrogen (secondary N) is 1. The average molecular weight is 386 g/mol. The van der Waals surface area contributed by atoms with E-state index in [9.17, 15) is 4.79 Å². The summed E-state index contributed by atoms with van der Waals surface area (Å²) in [5.74, 6) is 0.990. The molecule has 4 atom stereocenters. The Morgan fingerprint density at radius 3 is 3.19 bits per heavy atom. The number of fused-ring (bicyclic) bond motifs is 2. The van der Waals surface area contributed by atoms with E-state index in [-0.39, 0.29) is 11.5 Å². The Bertz CT molecular complexity index is 904. The molecule has 142 valence electrons. The third-order valence-electron chi connectivity index (χ3n) is 6.66. The predicted molar refractivity (Wildman–Crippen MR) is 106 cm³/mol. The molecule has 3 fully saturated rings. The van der Waals surface area contributed by atoms with Crippen LogP contribution >= 0.6 is 11.6 Å². The summed E-state index contributed by atoms with van der Waals surface area (Å²) >= 11 is 6.14. The van der Waals surface area contributed by atoms with Crippen LogP contribution in [0.5, 0.6) is 0 Å². The smallest absolute Gasteiger partial charge is 0.219 e. The Balaban J connectivity index is 1.43. The molecule has 0 unspecified atom stereocenters. The van der Waals surface area contributed by atoms with Crippen molar-refractivity contribution in [3.8, 4) is 0 Å². The van der Waals surface area contributed by atoms with Crippen LogP contribution < -0.4 is 10.2 Å². The SMILES string of the molecule is CCC(=O)NC[C@H]1[C@H]2CN(c3ccnc4cc(Cl)ccc34)C[C@]23CC[C@H]1O3. The maximum atomic E-state index is 11.7. The van der Waals surface area contributed by atoms with Gasteiger partial charge in [-0.15, -0.1) is 0 Å². The highest BCUT2D eigenvalue weighted by Gasteiger charge is 2.62. The second-order valence-electron chi connectivity index (χ2n) is 8.06. The molecule has 6 heteroatoms. The topological polar surface area (TPSA) is 54.5 Å². The van der Waals surface area contributed by atoms with Gasteiger partial charge in [0.2, 0.25) is 5.91 Å². The van der Waals surface area contributed by atoms with E-state index in [2.05, 4.69) is 27.3 Å². The molecule has 5 nitrogen and oxygen atoms in total. The Morgan fingerprint density at radius 2 is 2.33 bits per heavy atom. The minimum Gasteiger partial charge on any atom is -0.369 e. The van der Waals surface area contributed by atoms with Crippen molar-refractivity contribution in [2.24, 2.45) is 11.8 Å². The van der Waals surface area contributed by atoms with Gasteiger partial charge in [-0.25, -0.2) is 0 Å². The third kappa shape index (κ3) is 2.71. The van der Waals surface area contributed by atoms with E-state index in [1.807, 2.05) is 25.3 Å². The highest BCUT2D eigenvalue weighted by atomic mass is 35.5. The molecule has 4 heterocycles. The van der Waals surface area contributed by atoms with Crippen LogP contribution in [0.3, 0.4) is 0 Å². The minimum atomic E-state index is -0.0612. The Labute approximate surface area is 164 Å². The number of anilines is 1. The summed E-state index contributed by atoms with van der Waals surface area (Å²) in [6, 6.07) is 7.99. The average Bonchev–Trinajstić information content (AvgIpc) is 3.33. The standard InChI is InChI=1S/C21H24ClN3O2/c1-2-20(26)24-10-15-16-11-25(12-21(16)7-5-19(15)27-21)18-6-8-23-17-9-13(22)3-4-14(17)18/h3-4,6,8-9,15-16,19H,2,5,7,10-12H2,1H3,(H,24,26)/t15-,16+,19+,21+/m0/s1. The molecule has 27 heavy (non-hydrogen) atoms. The lowest BCUT2D eigenvalue weighted by Crippen LogP contribution is -2.41. The number of hydrogen-bond acceptors (Lipinski definition) is 4. The summed E-state index contributed by atoms with van der Waals surface area (Å²) in [4.78, 5) is 18.7. The third-order valence-corrected chi connectivity index (χ3v) is 6.90. The lowest BCUT2D eigenvalue weighted by molar-refractivity contribution is -0.121. The van der Waals surface area contributed by atoms with E-state index in [1.165, 1.54) is 5.69 Å². The molecule has 0 saturated carbocycles. The van der Waals surface area contributed by atoms with E-state index in [1.54, 1.807) is 0 Å². The molecule has 2 aromatic rings. The van der Waals surface area contributed by atoms with Crippen molar-refractivity contribution in [1.82, 2.24) is 10.3 Å². The zero-order valence-corrected chi connectivity index (χ0v) is 16.2. The first kappa shape index (κ1) is 17.3. The van der Waals surface area contributed by atoms with Gasteiger partial charge in [-0.2, -0.15) is 0 Å². The van der Waals surface area contributed by atoms with Crippen LogP contribution in [0, 0.1) is 11.8 Å². The van der Waals surface area contributed by atoms with Crippen LogP contribution in [0.25, 0.3) is 10.9 Å². The van der Waals surface area contributed by atoms with E-state index >= 15 is 0 Å². The summed E-state index contributed by atoms with van der Waals surface area (Å²) < 4.78 is 6.52. The van der Waals surface area contributed by atoms with E-state index in [0.29, 0.717) is 29.4 Å². The van der Waals surface area contributed by atoms with Crippen molar-refractivity contribution in [1.29, 1.82) is 0 Å². The van der Waals surface area contributed by atoms with Crippen molar-refractivity contribution in [3.05, 3.63) is 35.5 Å². The number of carbonyl (C=O) groups is 1. The number of hydrogen-bond donors (Lipinski definition) is 1. The van der Waals surface area contributed by atoms with E-state index < -0.39 is 0 Å². The Kier molecular flexibility index (Phi) is 4.06. The number of rotatable bonds is 4. The second kappa shape index (κ2) is 6.35. The molecule has 2 bridgehead atoms. The molecular weight excluding hydrogens is 362 g/mol. The van der Waals surface area contributed by atoms with E-state index in [4.69, 9.17) is 16.3 Å². The highest BCUT2D eigenvalue weighted by molar-refractivity contribution is 6.31. The van der Waals surface area contributed by atoms with Crippen molar-refractivity contribution in [2.45, 2.75) is 37.9 Å². The molecule has 3 saturated heterocycles. The van der Waals surface area contributed by atoms with Gasteiger partial charge in [0.25, 0.3) is 0 Å². The lowest BCUT2D eigenvalue weighted by atomic mass is 9.73. The van der Waals surface area contributed by atoms with Gasteiger partial charge in [-0.05, 0) is 37.1 Å². The van der Waals surface area contributed by atoms with Crippen molar-refractivity contribution in [3.63, 3.8) is 0 Å². The van der Waals surface area contributed by atoms with Gasteiger partial charge in [-0.3, -0.25) is 9.78 Å². The van der Waals surface area contributed by atoms with Gasteiger partial charge in [-0.1, -0.05) is 18.5 Å². The fourth-order valence-electron chi connectivity index (χ4n) is 5.39. The van der Waals surface area contributed by atoms with Gasteiger partial charge in [0.15, 0.2) is 0 Å². The van der Waals surface area contributed by atoms with Gasteiger partial charge >= 0.3 is 0 Å². The lowest BCUT2D eigenvalue weighted by Gasteiger charge is -2.29. The summed E-state index contributed by atoms with van der Waals surface area (Å²) in [6.45, 7) is 4.50. The largest absolute Gasteiger partial charge is 0.369 e. The van der Waals surface area contributed by atoms with Gasteiger partial charge in [0.1, 0.15) is 0 Å². The first-order chi connectivity index (χ1) is 13.1.